The summed E-state index contributed by atoms with van der Waals surface area (Å²) in [6.07, 6.45) is -1.38. The second-order valence-electron chi connectivity index (χ2n) is 2.46. The second kappa shape index (κ2) is 4.27. The van der Waals surface area contributed by atoms with Crippen molar-refractivity contribution >= 4 is 6.09 Å². The Morgan fingerprint density at radius 1 is 1.83 bits per heavy atom. The van der Waals surface area contributed by atoms with E-state index < -0.39 is 12.3 Å². The minimum Gasteiger partial charge on any atom is -0.465 e. The van der Waals surface area contributed by atoms with Crippen LogP contribution in [-0.4, -0.2) is 48.7 Å². The lowest BCUT2D eigenvalue weighted by atomic mass is 10.4. The lowest BCUT2D eigenvalue weighted by Crippen LogP contribution is -2.49. The van der Waals surface area contributed by atoms with Crippen molar-refractivity contribution < 1.29 is 19.4 Å². The predicted octanol–water partition coefficient (Wildman–Crippen LogP) is 0.359. The first kappa shape index (κ1) is 9.28. The SMILES string of the molecule is CCOC1COCCN1C(=O)O. The van der Waals surface area contributed by atoms with Gasteiger partial charge in [-0.25, -0.2) is 4.79 Å². The summed E-state index contributed by atoms with van der Waals surface area (Å²) >= 11 is 0. The van der Waals surface area contributed by atoms with Gasteiger partial charge in [0.1, 0.15) is 0 Å². The van der Waals surface area contributed by atoms with Crippen molar-refractivity contribution in [3.63, 3.8) is 0 Å². The molecule has 1 fully saturated rings. The zero-order chi connectivity index (χ0) is 8.97. The standard InChI is InChI=1S/C7H13NO4/c1-2-12-6-5-11-4-3-8(6)7(9)10/h6H,2-5H2,1H3,(H,9,10). The van der Waals surface area contributed by atoms with Gasteiger partial charge in [-0.3, -0.25) is 4.90 Å². The second-order valence-corrected chi connectivity index (χ2v) is 2.46. The number of amides is 1. The first-order valence-electron chi connectivity index (χ1n) is 3.94. The van der Waals surface area contributed by atoms with Crippen molar-refractivity contribution in [1.82, 2.24) is 4.90 Å². The minimum atomic E-state index is -0.947. The molecule has 1 aliphatic heterocycles. The number of hydrogen-bond donors (Lipinski definition) is 1. The molecule has 5 heteroatoms. The maximum Gasteiger partial charge on any atom is 0.409 e. The molecular weight excluding hydrogens is 162 g/mol. The Balaban J connectivity index is 2.48. The van der Waals surface area contributed by atoms with E-state index >= 15 is 0 Å². The molecule has 0 saturated carbocycles. The van der Waals surface area contributed by atoms with Crippen molar-refractivity contribution in [3.8, 4) is 0 Å². The highest BCUT2D eigenvalue weighted by atomic mass is 16.6. The molecule has 1 unspecified atom stereocenters. The molecule has 1 heterocycles. The number of ether oxygens (including phenoxy) is 2. The van der Waals surface area contributed by atoms with Gasteiger partial charge in [0, 0.05) is 6.61 Å². The van der Waals surface area contributed by atoms with Gasteiger partial charge in [-0.05, 0) is 6.92 Å². The minimum absolute atomic E-state index is 0.333. The molecule has 0 aliphatic carbocycles. The summed E-state index contributed by atoms with van der Waals surface area (Å²) in [5.41, 5.74) is 0. The maximum absolute atomic E-state index is 10.6. The number of nitrogens with zero attached hydrogens (tertiary/aromatic N) is 1. The molecule has 1 aliphatic rings. The topological polar surface area (TPSA) is 59.0 Å². The van der Waals surface area contributed by atoms with Crippen molar-refractivity contribution in [3.05, 3.63) is 0 Å². The van der Waals surface area contributed by atoms with Gasteiger partial charge < -0.3 is 14.6 Å². The van der Waals surface area contributed by atoms with E-state index in [2.05, 4.69) is 0 Å². The van der Waals surface area contributed by atoms with Crippen LogP contribution in [-0.2, 0) is 9.47 Å². The molecule has 0 aromatic carbocycles. The summed E-state index contributed by atoms with van der Waals surface area (Å²) in [4.78, 5) is 11.9. The normalized spacial score (nSPS) is 24.1. The molecule has 1 amide bonds. The van der Waals surface area contributed by atoms with E-state index in [0.29, 0.717) is 26.4 Å². The third-order valence-corrected chi connectivity index (χ3v) is 1.69. The summed E-state index contributed by atoms with van der Waals surface area (Å²) in [7, 11) is 0. The van der Waals surface area contributed by atoms with E-state index in [0.717, 1.165) is 0 Å². The lowest BCUT2D eigenvalue weighted by molar-refractivity contribution is -0.122. The lowest BCUT2D eigenvalue weighted by Gasteiger charge is -2.32. The summed E-state index contributed by atoms with van der Waals surface area (Å²) in [6, 6.07) is 0. The van der Waals surface area contributed by atoms with E-state index in [1.54, 1.807) is 0 Å². The molecule has 1 rings (SSSR count). The fourth-order valence-electron chi connectivity index (χ4n) is 1.13. The van der Waals surface area contributed by atoms with Gasteiger partial charge in [0.05, 0.1) is 19.8 Å². The summed E-state index contributed by atoms with van der Waals surface area (Å²) < 4.78 is 10.3. The van der Waals surface area contributed by atoms with E-state index in [4.69, 9.17) is 14.6 Å². The Morgan fingerprint density at radius 3 is 3.17 bits per heavy atom. The van der Waals surface area contributed by atoms with Crippen LogP contribution in [0.15, 0.2) is 0 Å². The van der Waals surface area contributed by atoms with Gasteiger partial charge in [-0.1, -0.05) is 0 Å². The first-order valence-corrected chi connectivity index (χ1v) is 3.94. The van der Waals surface area contributed by atoms with E-state index in [1.807, 2.05) is 6.92 Å². The summed E-state index contributed by atoms with van der Waals surface area (Å²) in [6.45, 7) is 3.50. The summed E-state index contributed by atoms with van der Waals surface area (Å²) in [5.74, 6) is 0. The highest BCUT2D eigenvalue weighted by Gasteiger charge is 2.26. The third-order valence-electron chi connectivity index (χ3n) is 1.69. The molecule has 1 saturated heterocycles. The van der Waals surface area contributed by atoms with Gasteiger partial charge in [0.2, 0.25) is 0 Å². The zero-order valence-corrected chi connectivity index (χ0v) is 7.02. The van der Waals surface area contributed by atoms with Crippen molar-refractivity contribution in [2.45, 2.75) is 13.2 Å². The fraction of sp³-hybridized carbons (Fsp3) is 0.857. The smallest absolute Gasteiger partial charge is 0.409 e. The van der Waals surface area contributed by atoms with Crippen LogP contribution < -0.4 is 0 Å². The Bertz CT molecular complexity index is 159. The quantitative estimate of drug-likeness (QED) is 0.658. The van der Waals surface area contributed by atoms with Gasteiger partial charge in [-0.2, -0.15) is 0 Å². The molecule has 5 nitrogen and oxygen atoms in total. The number of rotatable bonds is 2. The van der Waals surface area contributed by atoms with Crippen LogP contribution in [0.3, 0.4) is 0 Å². The first-order chi connectivity index (χ1) is 5.75. The number of carboxylic acid groups (broad SMARTS) is 1. The van der Waals surface area contributed by atoms with Crippen LogP contribution in [0.2, 0.25) is 0 Å². The summed E-state index contributed by atoms with van der Waals surface area (Å²) in [5, 5.41) is 8.73. The largest absolute Gasteiger partial charge is 0.465 e. The van der Waals surface area contributed by atoms with Gasteiger partial charge in [-0.15, -0.1) is 0 Å². The Hall–Kier alpha value is -0.810. The molecule has 0 spiro atoms. The van der Waals surface area contributed by atoms with Crippen LogP contribution >= 0.6 is 0 Å². The van der Waals surface area contributed by atoms with Crippen molar-refractivity contribution in [1.29, 1.82) is 0 Å². The molecule has 12 heavy (non-hydrogen) atoms. The molecule has 1 atom stereocenters. The Kier molecular flexibility index (Phi) is 3.31. The van der Waals surface area contributed by atoms with Crippen molar-refractivity contribution in [2.24, 2.45) is 0 Å². The number of morpholine rings is 1. The van der Waals surface area contributed by atoms with E-state index in [-0.39, 0.29) is 0 Å². The number of carbonyl (C=O) groups is 1. The monoisotopic (exact) mass is 175 g/mol. The molecular formula is C7H13NO4. The van der Waals surface area contributed by atoms with Crippen LogP contribution in [0.25, 0.3) is 0 Å². The molecule has 0 bridgehead atoms. The Morgan fingerprint density at radius 2 is 2.58 bits per heavy atom. The molecule has 70 valence electrons. The van der Waals surface area contributed by atoms with Gasteiger partial charge in [0.15, 0.2) is 6.23 Å². The third kappa shape index (κ3) is 2.09. The number of hydrogen-bond acceptors (Lipinski definition) is 3. The average molecular weight is 175 g/mol. The molecule has 0 aromatic heterocycles. The van der Waals surface area contributed by atoms with Crippen LogP contribution in [0.1, 0.15) is 6.92 Å². The van der Waals surface area contributed by atoms with E-state index in [1.165, 1.54) is 4.90 Å². The average Bonchev–Trinajstić information content (AvgIpc) is 2.05. The van der Waals surface area contributed by atoms with Gasteiger partial charge in [0.25, 0.3) is 0 Å². The Labute approximate surface area is 70.9 Å². The van der Waals surface area contributed by atoms with Gasteiger partial charge >= 0.3 is 6.09 Å². The zero-order valence-electron chi connectivity index (χ0n) is 7.02. The van der Waals surface area contributed by atoms with Crippen molar-refractivity contribution in [2.75, 3.05) is 26.4 Å². The maximum atomic E-state index is 10.6. The van der Waals surface area contributed by atoms with E-state index in [9.17, 15) is 4.79 Å². The fourth-order valence-corrected chi connectivity index (χ4v) is 1.13. The highest BCUT2D eigenvalue weighted by molar-refractivity contribution is 5.65. The molecule has 0 radical (unpaired) electrons. The molecule has 0 aromatic rings. The van der Waals surface area contributed by atoms with Crippen LogP contribution in [0.4, 0.5) is 4.79 Å². The highest BCUT2D eigenvalue weighted by Crippen LogP contribution is 2.07. The van der Waals surface area contributed by atoms with Crippen LogP contribution in [0.5, 0.6) is 0 Å². The predicted molar refractivity (Wildman–Crippen MR) is 41.0 cm³/mol. The molecule has 1 N–H and O–H groups in total. The van der Waals surface area contributed by atoms with Crippen LogP contribution in [0, 0.1) is 0 Å².